The van der Waals surface area contributed by atoms with Crippen LogP contribution in [-0.2, 0) is 0 Å². The third-order valence-electron chi connectivity index (χ3n) is 2.88. The minimum atomic E-state index is 0.218. The van der Waals surface area contributed by atoms with Gasteiger partial charge in [-0.25, -0.2) is 10.4 Å². The Morgan fingerprint density at radius 2 is 1.92 bits per heavy atom. The van der Waals surface area contributed by atoms with E-state index in [1.165, 1.54) is 0 Å². The molecule has 0 amide bonds. The van der Waals surface area contributed by atoms with Crippen molar-refractivity contribution in [1.29, 1.82) is 0 Å². The molecule has 0 spiro atoms. The fraction of sp³-hybridized carbons (Fsp3) is 1.00. The summed E-state index contributed by atoms with van der Waals surface area (Å²) >= 11 is 6.42. The zero-order valence-electron chi connectivity index (χ0n) is 9.26. The van der Waals surface area contributed by atoms with Crippen LogP contribution in [0.3, 0.4) is 0 Å². The molecule has 1 rings (SSSR count). The number of hydrogen-bond acceptors (Lipinski definition) is 2. The van der Waals surface area contributed by atoms with Crippen LogP contribution in [0.4, 0.5) is 0 Å². The van der Waals surface area contributed by atoms with Gasteiger partial charge in [0.1, 0.15) is 0 Å². The van der Waals surface area contributed by atoms with Crippen molar-refractivity contribution in [2.24, 2.45) is 5.41 Å². The lowest BCUT2D eigenvalue weighted by molar-refractivity contribution is 0.190. The molecule has 0 aliphatic carbocycles. The second-order valence-corrected chi connectivity index (χ2v) is 5.51. The first kappa shape index (κ1) is 11.3. The first-order valence-corrected chi connectivity index (χ1v) is 5.44. The van der Waals surface area contributed by atoms with Gasteiger partial charge in [0.25, 0.3) is 0 Å². The molecule has 1 aliphatic rings. The number of nitrogens with one attached hydrogen (secondary N) is 1. The highest BCUT2D eigenvalue weighted by atomic mass is 35.5. The first-order valence-electron chi connectivity index (χ1n) is 5.01. The van der Waals surface area contributed by atoms with E-state index in [0.717, 1.165) is 6.42 Å². The Balaban J connectivity index is 2.73. The van der Waals surface area contributed by atoms with Crippen LogP contribution < -0.4 is 5.43 Å². The Kier molecular flexibility index (Phi) is 3.26. The van der Waals surface area contributed by atoms with Gasteiger partial charge in [0.2, 0.25) is 0 Å². The minimum Gasteiger partial charge on any atom is -0.250 e. The summed E-state index contributed by atoms with van der Waals surface area (Å²) in [5, 5.41) is 2.38. The molecule has 0 saturated carbocycles. The van der Waals surface area contributed by atoms with Gasteiger partial charge in [0.15, 0.2) is 0 Å². The third kappa shape index (κ3) is 2.17. The number of halogens is 1. The van der Waals surface area contributed by atoms with Gasteiger partial charge in [0, 0.05) is 19.1 Å². The van der Waals surface area contributed by atoms with Crippen LogP contribution >= 0.6 is 11.6 Å². The molecule has 3 unspecified atom stereocenters. The number of nitrogens with zero attached hydrogens (tertiary/aromatic N) is 1. The standard InChI is InChI=1S/C10H21ClN2/c1-6-7-8(11)9(10(2,3)4)12-13(7)5/h7-9,12H,6H2,1-5H3. The Bertz CT molecular complexity index is 176. The van der Waals surface area contributed by atoms with Gasteiger partial charge in [-0.2, -0.15) is 0 Å². The van der Waals surface area contributed by atoms with Crippen molar-refractivity contribution in [3.05, 3.63) is 0 Å². The predicted molar refractivity (Wildman–Crippen MR) is 57.9 cm³/mol. The number of hydrogen-bond donors (Lipinski definition) is 1. The maximum absolute atomic E-state index is 6.42. The van der Waals surface area contributed by atoms with Crippen LogP contribution in [0.2, 0.25) is 0 Å². The van der Waals surface area contributed by atoms with E-state index in [4.69, 9.17) is 11.6 Å². The lowest BCUT2D eigenvalue weighted by Crippen LogP contribution is -2.42. The smallest absolute Gasteiger partial charge is 0.0676 e. The summed E-state index contributed by atoms with van der Waals surface area (Å²) in [7, 11) is 2.08. The minimum absolute atomic E-state index is 0.218. The summed E-state index contributed by atoms with van der Waals surface area (Å²) < 4.78 is 0. The van der Waals surface area contributed by atoms with Crippen LogP contribution in [0, 0.1) is 5.41 Å². The van der Waals surface area contributed by atoms with E-state index in [1.54, 1.807) is 0 Å². The second kappa shape index (κ2) is 3.76. The first-order chi connectivity index (χ1) is 5.88. The monoisotopic (exact) mass is 204 g/mol. The quantitative estimate of drug-likeness (QED) is 0.660. The average molecular weight is 205 g/mol. The molecule has 1 aliphatic heterocycles. The molecule has 0 bridgehead atoms. The maximum atomic E-state index is 6.42. The Hall–Kier alpha value is 0.210. The van der Waals surface area contributed by atoms with E-state index >= 15 is 0 Å². The van der Waals surface area contributed by atoms with Gasteiger partial charge in [0.05, 0.1) is 5.38 Å². The SMILES string of the molecule is CCC1C(Cl)C(C(C)(C)C)NN1C. The third-order valence-corrected chi connectivity index (χ3v) is 3.42. The number of rotatable bonds is 1. The van der Waals surface area contributed by atoms with Crippen LogP contribution in [-0.4, -0.2) is 29.5 Å². The Morgan fingerprint density at radius 1 is 1.38 bits per heavy atom. The van der Waals surface area contributed by atoms with E-state index < -0.39 is 0 Å². The van der Waals surface area contributed by atoms with Gasteiger partial charge < -0.3 is 0 Å². The molecule has 1 fully saturated rings. The van der Waals surface area contributed by atoms with Gasteiger partial charge in [-0.05, 0) is 11.8 Å². The zero-order chi connectivity index (χ0) is 10.2. The molecule has 2 nitrogen and oxygen atoms in total. The van der Waals surface area contributed by atoms with Crippen LogP contribution in [0.1, 0.15) is 34.1 Å². The lowest BCUT2D eigenvalue weighted by Gasteiger charge is -2.29. The van der Waals surface area contributed by atoms with Gasteiger partial charge in [-0.1, -0.05) is 27.7 Å². The highest BCUT2D eigenvalue weighted by molar-refractivity contribution is 6.21. The fourth-order valence-electron chi connectivity index (χ4n) is 1.99. The van der Waals surface area contributed by atoms with Crippen molar-refractivity contribution >= 4 is 11.6 Å². The summed E-state index contributed by atoms with van der Waals surface area (Å²) in [6.07, 6.45) is 1.10. The maximum Gasteiger partial charge on any atom is 0.0676 e. The van der Waals surface area contributed by atoms with E-state index in [9.17, 15) is 0 Å². The van der Waals surface area contributed by atoms with Crippen LogP contribution in [0.25, 0.3) is 0 Å². The molecule has 1 heterocycles. The molecular formula is C10H21ClN2. The average Bonchev–Trinajstić information content (AvgIpc) is 2.25. The highest BCUT2D eigenvalue weighted by Gasteiger charge is 2.43. The molecule has 3 atom stereocenters. The molecule has 0 aromatic carbocycles. The van der Waals surface area contributed by atoms with E-state index in [-0.39, 0.29) is 10.8 Å². The Labute approximate surface area is 86.6 Å². The molecule has 0 aromatic rings. The molecule has 78 valence electrons. The number of hydrazine groups is 1. The second-order valence-electron chi connectivity index (χ2n) is 5.00. The molecular weight excluding hydrogens is 184 g/mol. The summed E-state index contributed by atoms with van der Waals surface area (Å²) in [6, 6.07) is 0.843. The van der Waals surface area contributed by atoms with Crippen molar-refractivity contribution in [3.8, 4) is 0 Å². The van der Waals surface area contributed by atoms with Crippen molar-refractivity contribution < 1.29 is 0 Å². The van der Waals surface area contributed by atoms with E-state index in [0.29, 0.717) is 12.1 Å². The normalized spacial score (nSPS) is 36.9. The molecule has 1 N–H and O–H groups in total. The molecule has 0 aromatic heterocycles. The highest BCUT2D eigenvalue weighted by Crippen LogP contribution is 2.33. The van der Waals surface area contributed by atoms with E-state index in [1.807, 2.05) is 0 Å². The molecule has 13 heavy (non-hydrogen) atoms. The summed E-state index contributed by atoms with van der Waals surface area (Å²) in [6.45, 7) is 8.87. The van der Waals surface area contributed by atoms with Crippen LogP contribution in [0.15, 0.2) is 0 Å². The number of alkyl halides is 1. The predicted octanol–water partition coefficient (Wildman–Crippen LogP) is 2.24. The molecule has 1 saturated heterocycles. The van der Waals surface area contributed by atoms with Crippen molar-refractivity contribution in [3.63, 3.8) is 0 Å². The lowest BCUT2D eigenvalue weighted by atomic mass is 9.84. The van der Waals surface area contributed by atoms with E-state index in [2.05, 4.69) is 45.2 Å². The van der Waals surface area contributed by atoms with Crippen LogP contribution in [0.5, 0.6) is 0 Å². The van der Waals surface area contributed by atoms with Crippen molar-refractivity contribution in [1.82, 2.24) is 10.4 Å². The largest absolute Gasteiger partial charge is 0.250 e. The van der Waals surface area contributed by atoms with Gasteiger partial charge in [-0.3, -0.25) is 0 Å². The summed E-state index contributed by atoms with van der Waals surface area (Å²) in [4.78, 5) is 0. The van der Waals surface area contributed by atoms with Crippen molar-refractivity contribution in [2.45, 2.75) is 51.6 Å². The van der Waals surface area contributed by atoms with Gasteiger partial charge >= 0.3 is 0 Å². The summed E-state index contributed by atoms with van der Waals surface area (Å²) in [5.41, 5.74) is 3.67. The Morgan fingerprint density at radius 3 is 2.15 bits per heavy atom. The van der Waals surface area contributed by atoms with Crippen molar-refractivity contribution in [2.75, 3.05) is 7.05 Å². The fourth-order valence-corrected chi connectivity index (χ4v) is 2.77. The summed E-state index contributed by atoms with van der Waals surface area (Å²) in [5.74, 6) is 0. The van der Waals surface area contributed by atoms with Gasteiger partial charge in [-0.15, -0.1) is 11.6 Å². The topological polar surface area (TPSA) is 15.3 Å². The molecule has 3 heteroatoms. The zero-order valence-corrected chi connectivity index (χ0v) is 10.0. The molecule has 0 radical (unpaired) electrons.